The van der Waals surface area contributed by atoms with Gasteiger partial charge in [-0.3, -0.25) is 0 Å². The van der Waals surface area contributed by atoms with Crippen LogP contribution in [-0.2, 0) is 0 Å². The van der Waals surface area contributed by atoms with Crippen molar-refractivity contribution in [1.82, 2.24) is 15.3 Å². The summed E-state index contributed by atoms with van der Waals surface area (Å²) in [5.41, 5.74) is 2.74. The summed E-state index contributed by atoms with van der Waals surface area (Å²) >= 11 is 0. The molecule has 23 heavy (non-hydrogen) atoms. The van der Waals surface area contributed by atoms with Crippen molar-refractivity contribution in [3.05, 3.63) is 58.9 Å². The number of benzene rings is 1. The zero-order valence-electron chi connectivity index (χ0n) is 14.0. The summed E-state index contributed by atoms with van der Waals surface area (Å²) < 4.78 is 12.9. The smallest absolute Gasteiger partial charge is 0.125 e. The van der Waals surface area contributed by atoms with Crippen molar-refractivity contribution in [3.63, 3.8) is 0 Å². The van der Waals surface area contributed by atoms with Crippen molar-refractivity contribution in [2.24, 2.45) is 0 Å². The largest absolute Gasteiger partial charge is 0.388 e. The SMILES string of the molecule is Cc1ncc(C(C)NC(C)CC(O)c2ccc(F)cc2)c(C)n1. The molecule has 1 aromatic carbocycles. The van der Waals surface area contributed by atoms with E-state index in [0.717, 1.165) is 22.6 Å². The Bertz CT molecular complexity index is 645. The third kappa shape index (κ3) is 4.81. The zero-order chi connectivity index (χ0) is 17.0. The Morgan fingerprint density at radius 2 is 1.83 bits per heavy atom. The van der Waals surface area contributed by atoms with E-state index >= 15 is 0 Å². The van der Waals surface area contributed by atoms with E-state index < -0.39 is 6.10 Å². The Kier molecular flexibility index (Phi) is 5.80. The molecular formula is C18H24FN3O. The van der Waals surface area contributed by atoms with Gasteiger partial charge in [0.25, 0.3) is 0 Å². The van der Waals surface area contributed by atoms with Gasteiger partial charge in [-0.1, -0.05) is 12.1 Å². The molecule has 2 aromatic rings. The fraction of sp³-hybridized carbons (Fsp3) is 0.444. The monoisotopic (exact) mass is 317 g/mol. The average molecular weight is 317 g/mol. The van der Waals surface area contributed by atoms with E-state index in [9.17, 15) is 9.50 Å². The van der Waals surface area contributed by atoms with Crippen LogP contribution in [0.5, 0.6) is 0 Å². The molecule has 0 bridgehead atoms. The van der Waals surface area contributed by atoms with Crippen LogP contribution in [0.1, 0.15) is 55.1 Å². The van der Waals surface area contributed by atoms with Gasteiger partial charge in [-0.2, -0.15) is 0 Å². The highest BCUT2D eigenvalue weighted by atomic mass is 19.1. The molecule has 3 unspecified atom stereocenters. The first-order valence-corrected chi connectivity index (χ1v) is 7.86. The molecule has 0 radical (unpaired) electrons. The predicted molar refractivity (Wildman–Crippen MR) is 88.5 cm³/mol. The molecule has 0 aliphatic rings. The second kappa shape index (κ2) is 7.62. The molecule has 124 valence electrons. The van der Waals surface area contributed by atoms with Crippen molar-refractivity contribution in [3.8, 4) is 0 Å². The molecule has 0 aliphatic heterocycles. The van der Waals surface area contributed by atoms with Gasteiger partial charge >= 0.3 is 0 Å². The minimum Gasteiger partial charge on any atom is -0.388 e. The van der Waals surface area contributed by atoms with E-state index in [1.807, 2.05) is 27.0 Å². The van der Waals surface area contributed by atoms with Gasteiger partial charge in [-0.25, -0.2) is 14.4 Å². The maximum absolute atomic E-state index is 12.9. The third-order valence-electron chi connectivity index (χ3n) is 3.97. The summed E-state index contributed by atoms with van der Waals surface area (Å²) in [4.78, 5) is 8.63. The van der Waals surface area contributed by atoms with Crippen molar-refractivity contribution in [1.29, 1.82) is 0 Å². The van der Waals surface area contributed by atoms with Gasteiger partial charge < -0.3 is 10.4 Å². The Morgan fingerprint density at radius 3 is 2.43 bits per heavy atom. The van der Waals surface area contributed by atoms with Crippen LogP contribution in [0.2, 0.25) is 0 Å². The highest BCUT2D eigenvalue weighted by Gasteiger charge is 2.17. The van der Waals surface area contributed by atoms with E-state index in [4.69, 9.17) is 0 Å². The molecular weight excluding hydrogens is 293 g/mol. The lowest BCUT2D eigenvalue weighted by molar-refractivity contribution is 0.152. The van der Waals surface area contributed by atoms with Crippen LogP contribution < -0.4 is 5.32 Å². The van der Waals surface area contributed by atoms with E-state index in [1.54, 1.807) is 12.1 Å². The summed E-state index contributed by atoms with van der Waals surface area (Å²) in [7, 11) is 0. The van der Waals surface area contributed by atoms with Crippen LogP contribution in [0.25, 0.3) is 0 Å². The van der Waals surface area contributed by atoms with Gasteiger partial charge in [-0.15, -0.1) is 0 Å². The van der Waals surface area contributed by atoms with E-state index in [1.165, 1.54) is 12.1 Å². The molecule has 1 heterocycles. The molecule has 0 saturated carbocycles. The van der Waals surface area contributed by atoms with Crippen LogP contribution in [-0.4, -0.2) is 21.1 Å². The minimum absolute atomic E-state index is 0.0887. The Labute approximate surface area is 136 Å². The summed E-state index contributed by atoms with van der Waals surface area (Å²) in [6, 6.07) is 6.15. The van der Waals surface area contributed by atoms with Crippen LogP contribution in [0, 0.1) is 19.7 Å². The van der Waals surface area contributed by atoms with E-state index in [0.29, 0.717) is 6.42 Å². The van der Waals surface area contributed by atoms with Gasteiger partial charge in [-0.05, 0) is 51.8 Å². The summed E-state index contributed by atoms with van der Waals surface area (Å²) in [6.07, 6.45) is 1.76. The van der Waals surface area contributed by atoms with Crippen molar-refractivity contribution in [2.75, 3.05) is 0 Å². The van der Waals surface area contributed by atoms with Gasteiger partial charge in [0.1, 0.15) is 11.6 Å². The first-order chi connectivity index (χ1) is 10.9. The number of aryl methyl sites for hydroxylation is 2. The van der Waals surface area contributed by atoms with Gasteiger partial charge in [0.05, 0.1) is 6.10 Å². The molecule has 0 spiro atoms. The molecule has 0 saturated heterocycles. The predicted octanol–water partition coefficient (Wildman–Crippen LogP) is 3.40. The molecule has 1 aromatic heterocycles. The fourth-order valence-corrected chi connectivity index (χ4v) is 2.76. The number of aliphatic hydroxyl groups excluding tert-OH is 1. The summed E-state index contributed by atoms with van der Waals surface area (Å²) in [5, 5.41) is 13.7. The van der Waals surface area contributed by atoms with Crippen LogP contribution in [0.4, 0.5) is 4.39 Å². The lowest BCUT2D eigenvalue weighted by Crippen LogP contribution is -2.31. The van der Waals surface area contributed by atoms with Crippen molar-refractivity contribution < 1.29 is 9.50 Å². The number of nitrogens with one attached hydrogen (secondary N) is 1. The van der Waals surface area contributed by atoms with Gasteiger partial charge in [0.15, 0.2) is 0 Å². The van der Waals surface area contributed by atoms with Crippen molar-refractivity contribution >= 4 is 0 Å². The minimum atomic E-state index is -0.624. The number of aliphatic hydroxyl groups is 1. The van der Waals surface area contributed by atoms with Crippen LogP contribution in [0.15, 0.2) is 30.5 Å². The summed E-state index contributed by atoms with van der Waals surface area (Å²) in [5.74, 6) is 0.467. The topological polar surface area (TPSA) is 58.0 Å². The molecule has 4 nitrogen and oxygen atoms in total. The zero-order valence-corrected chi connectivity index (χ0v) is 14.0. The van der Waals surface area contributed by atoms with E-state index in [2.05, 4.69) is 22.2 Å². The lowest BCUT2D eigenvalue weighted by atomic mass is 10.0. The molecule has 2 rings (SSSR count). The first-order valence-electron chi connectivity index (χ1n) is 7.86. The van der Waals surface area contributed by atoms with Crippen LogP contribution >= 0.6 is 0 Å². The first kappa shape index (κ1) is 17.5. The number of aromatic nitrogens is 2. The second-order valence-electron chi connectivity index (χ2n) is 6.05. The molecule has 5 heteroatoms. The molecule has 0 amide bonds. The van der Waals surface area contributed by atoms with Gasteiger partial charge in [0.2, 0.25) is 0 Å². The number of nitrogens with zero attached hydrogens (tertiary/aromatic N) is 2. The highest BCUT2D eigenvalue weighted by molar-refractivity contribution is 5.20. The Hall–Kier alpha value is -1.85. The molecule has 3 atom stereocenters. The maximum Gasteiger partial charge on any atom is 0.125 e. The quantitative estimate of drug-likeness (QED) is 0.857. The lowest BCUT2D eigenvalue weighted by Gasteiger charge is -2.23. The van der Waals surface area contributed by atoms with Crippen molar-refractivity contribution in [2.45, 2.75) is 52.3 Å². The Balaban J connectivity index is 1.95. The number of rotatable bonds is 6. The normalized spacial score (nSPS) is 15.2. The Morgan fingerprint density at radius 1 is 1.17 bits per heavy atom. The number of halogens is 1. The average Bonchev–Trinajstić information content (AvgIpc) is 2.47. The van der Waals surface area contributed by atoms with Gasteiger partial charge in [0, 0.05) is 29.5 Å². The summed E-state index contributed by atoms with van der Waals surface area (Å²) in [6.45, 7) is 7.92. The highest BCUT2D eigenvalue weighted by Crippen LogP contribution is 2.21. The molecule has 0 fully saturated rings. The molecule has 0 aliphatic carbocycles. The van der Waals surface area contributed by atoms with Crippen LogP contribution in [0.3, 0.4) is 0 Å². The third-order valence-corrected chi connectivity index (χ3v) is 3.97. The number of hydrogen-bond donors (Lipinski definition) is 2. The second-order valence-corrected chi connectivity index (χ2v) is 6.05. The molecule has 2 N–H and O–H groups in total. The van der Waals surface area contributed by atoms with E-state index in [-0.39, 0.29) is 17.9 Å². The number of hydrogen-bond acceptors (Lipinski definition) is 4. The maximum atomic E-state index is 12.9. The fourth-order valence-electron chi connectivity index (χ4n) is 2.76. The standard InChI is InChI=1S/C18H24FN3O/c1-11(9-18(23)15-5-7-16(19)8-6-15)21-12(2)17-10-20-14(4)22-13(17)3/h5-8,10-12,18,21,23H,9H2,1-4H3.